The van der Waals surface area contributed by atoms with Crippen LogP contribution in [0.15, 0.2) is 164 Å². The van der Waals surface area contributed by atoms with Crippen molar-refractivity contribution in [2.75, 3.05) is 9.80 Å². The molecule has 0 N–H and O–H groups in total. The Bertz CT molecular complexity index is 4120. The third kappa shape index (κ3) is 8.35. The maximum atomic E-state index is 9.42. The molecule has 0 fully saturated rings. The van der Waals surface area contributed by atoms with Gasteiger partial charge in [0.2, 0.25) is 0 Å². The van der Waals surface area contributed by atoms with E-state index < -0.39 is 108 Å². The zero-order valence-electron chi connectivity index (χ0n) is 53.9. The molecule has 1 aliphatic heterocycles. The second-order valence-electron chi connectivity index (χ2n) is 19.1. The van der Waals surface area contributed by atoms with Crippen LogP contribution in [0.2, 0.25) is 0 Å². The fourth-order valence-corrected chi connectivity index (χ4v) is 7.97. The van der Waals surface area contributed by atoms with Gasteiger partial charge in [0.1, 0.15) is 5.82 Å². The summed E-state index contributed by atoms with van der Waals surface area (Å²) < 4.78 is 151. The maximum Gasteiger partial charge on any atom is 0.135 e. The van der Waals surface area contributed by atoms with Crippen LogP contribution in [0.5, 0.6) is 11.5 Å². The summed E-state index contributed by atoms with van der Waals surface area (Å²) in [6.07, 6.45) is -0.426. The van der Waals surface area contributed by atoms with Crippen molar-refractivity contribution in [2.45, 2.75) is 78.6 Å². The van der Waals surface area contributed by atoms with Crippen molar-refractivity contribution in [1.29, 1.82) is 0 Å². The van der Waals surface area contributed by atoms with E-state index >= 15 is 0 Å². The smallest absolute Gasteiger partial charge is 0.135 e. The zero-order valence-corrected chi connectivity index (χ0v) is 40.2. The van der Waals surface area contributed by atoms with Crippen molar-refractivity contribution in [3.05, 3.63) is 199 Å². The number of hydrogen-bond acceptors (Lipinski definition) is 4. The Balaban J connectivity index is 0.00000810. The molecule has 0 unspecified atom stereocenters. The number of benzene rings is 7. The van der Waals surface area contributed by atoms with Crippen molar-refractivity contribution in [3.63, 3.8) is 0 Å². The Morgan fingerprint density at radius 3 is 1.89 bits per heavy atom. The van der Waals surface area contributed by atoms with Crippen LogP contribution >= 0.6 is 0 Å². The van der Waals surface area contributed by atoms with Crippen LogP contribution in [0.1, 0.15) is 101 Å². The molecule has 66 heavy (non-hydrogen) atoms. The van der Waals surface area contributed by atoms with Crippen LogP contribution in [0.25, 0.3) is 49.9 Å². The van der Waals surface area contributed by atoms with Crippen molar-refractivity contribution in [3.8, 4) is 39.6 Å². The SMILES string of the molecule is [2H]c1nc(-n2c3[c-]c(Oc4[c-]c(N5[CH-]N(c6c(-c7cc(C(C)(C)C)cc(C(C)(C)C)c7)cccc6-c6c([2H])c([2H])c([2H])c([2H])c6[2H])c6ccccc65)c([2H])c([2H])c4[2H])c([2H])c([2H])c3c3c([2H])c([2H])c([2H])c([2H])c32)cc(C(C)(C)C)c1[2H].[Pt]. The van der Waals surface area contributed by atoms with Crippen LogP contribution in [-0.4, -0.2) is 9.55 Å². The van der Waals surface area contributed by atoms with Crippen molar-refractivity contribution < 1.29 is 47.7 Å². The number of hydrogen-bond donors (Lipinski definition) is 0. The fourth-order valence-electron chi connectivity index (χ4n) is 7.97. The van der Waals surface area contributed by atoms with Crippen LogP contribution < -0.4 is 14.5 Å². The van der Waals surface area contributed by atoms with E-state index in [1.165, 1.54) is 10.6 Å². The number of ether oxygens (including phenoxy) is 1. The summed E-state index contributed by atoms with van der Waals surface area (Å²) in [6.45, 7) is 19.9. The first-order chi connectivity index (χ1) is 37.8. The van der Waals surface area contributed by atoms with E-state index in [9.17, 15) is 8.22 Å². The monoisotopic (exact) mass is 1060 g/mol. The van der Waals surface area contributed by atoms with Gasteiger partial charge in [-0.1, -0.05) is 165 Å². The molecule has 0 aliphatic carbocycles. The van der Waals surface area contributed by atoms with Gasteiger partial charge in [0.25, 0.3) is 0 Å². The van der Waals surface area contributed by atoms with E-state index in [2.05, 4.69) is 76.9 Å². The van der Waals surface area contributed by atoms with Gasteiger partial charge in [0.15, 0.2) is 0 Å². The summed E-state index contributed by atoms with van der Waals surface area (Å²) >= 11 is 0. The van der Waals surface area contributed by atoms with Gasteiger partial charge in [-0.2, -0.15) is 12.1 Å². The van der Waals surface area contributed by atoms with Crippen molar-refractivity contribution >= 4 is 44.6 Å². The standard InChI is InChI=1S/C60H55N4O.Pt/c1-58(2,3)42-31-32-61-56(36-42)64-52-26-14-13-23-50(52)51-30-29-47(38-55(51)64)65-46-22-17-21-45(37-46)62-39-63(54-28-16-15-27-53(54)62)57-48(40-19-11-10-12-20-40)24-18-25-49(57)41-33-43(59(4,5)6)35-44(34-41)60(7,8)9;/h10-36,39H,1-9H3;/q-3;/i10D,11D,12D,13D,14D,17D,19D,20D,21D,22D,23D,26D,29D,30D,31D,32D;. The van der Waals surface area contributed by atoms with E-state index in [1.807, 2.05) is 32.9 Å². The molecule has 6 heteroatoms. The van der Waals surface area contributed by atoms with E-state index in [4.69, 9.17) is 18.4 Å². The second-order valence-corrected chi connectivity index (χ2v) is 19.1. The van der Waals surface area contributed by atoms with Gasteiger partial charge in [-0.25, -0.2) is 4.98 Å². The largest absolute Gasteiger partial charge is 0.509 e. The number of anilines is 4. The average Bonchev–Trinajstić information content (AvgIpc) is 2.03. The third-order valence-electron chi connectivity index (χ3n) is 11.5. The number of nitrogens with zero attached hydrogens (tertiary/aromatic N) is 4. The molecule has 0 atom stereocenters. The predicted octanol–water partition coefficient (Wildman–Crippen LogP) is 16.2. The second kappa shape index (κ2) is 17.1. The van der Waals surface area contributed by atoms with Crippen molar-refractivity contribution in [2.24, 2.45) is 0 Å². The molecule has 2 aromatic heterocycles. The molecule has 0 saturated heterocycles. The molecular weight excluding hydrogens is 988 g/mol. The summed E-state index contributed by atoms with van der Waals surface area (Å²) in [4.78, 5) is 7.75. The van der Waals surface area contributed by atoms with Gasteiger partial charge in [-0.05, 0) is 83.8 Å². The van der Waals surface area contributed by atoms with Gasteiger partial charge >= 0.3 is 0 Å². The van der Waals surface area contributed by atoms with Gasteiger partial charge in [0, 0.05) is 75.2 Å². The number of fused-ring (bicyclic) bond motifs is 4. The van der Waals surface area contributed by atoms with Gasteiger partial charge in [-0.15, -0.1) is 48.0 Å². The number of pyridine rings is 1. The van der Waals surface area contributed by atoms with Crippen LogP contribution in [-0.2, 0) is 37.3 Å². The normalized spacial score (nSPS) is 16.4. The number of aromatic nitrogens is 2. The molecule has 10 rings (SSSR count). The molecule has 5 nitrogen and oxygen atoms in total. The molecule has 1 aliphatic rings. The third-order valence-corrected chi connectivity index (χ3v) is 11.5. The summed E-state index contributed by atoms with van der Waals surface area (Å²) in [5.74, 6) is -0.969. The van der Waals surface area contributed by atoms with Gasteiger partial charge in [-0.3, -0.25) is 0 Å². The Kier molecular flexibility index (Phi) is 7.58. The Morgan fingerprint density at radius 1 is 0.561 bits per heavy atom. The predicted molar refractivity (Wildman–Crippen MR) is 271 cm³/mol. The fraction of sp³-hybridized carbons (Fsp3) is 0.200. The topological polar surface area (TPSA) is 33.5 Å². The minimum Gasteiger partial charge on any atom is -0.509 e. The molecule has 334 valence electrons. The van der Waals surface area contributed by atoms with Crippen molar-refractivity contribution in [1.82, 2.24) is 9.55 Å². The van der Waals surface area contributed by atoms with E-state index in [0.29, 0.717) is 33.8 Å². The average molecular weight is 1060 g/mol. The molecule has 0 amide bonds. The summed E-state index contributed by atoms with van der Waals surface area (Å²) in [5.41, 5.74) is 3.86. The van der Waals surface area contributed by atoms with E-state index in [-0.39, 0.29) is 76.8 Å². The number of rotatable bonds is 7. The summed E-state index contributed by atoms with van der Waals surface area (Å²) in [5, 5.41) is -0.236. The molecule has 0 spiro atoms. The number of para-hydroxylation sites is 4. The van der Waals surface area contributed by atoms with Crippen LogP contribution in [0.4, 0.5) is 22.7 Å². The first kappa shape index (κ1) is 29.3. The summed E-state index contributed by atoms with van der Waals surface area (Å²) in [7, 11) is 0. The van der Waals surface area contributed by atoms with Crippen LogP contribution in [0, 0.1) is 18.8 Å². The van der Waals surface area contributed by atoms with E-state index in [1.54, 1.807) is 46.8 Å². The first-order valence-electron chi connectivity index (χ1n) is 29.3. The Morgan fingerprint density at radius 2 is 1.20 bits per heavy atom. The quantitative estimate of drug-likeness (QED) is 0.149. The molecule has 3 heterocycles. The molecule has 7 aromatic carbocycles. The minimum atomic E-state index is -0.694. The first-order valence-corrected chi connectivity index (χ1v) is 21.3. The maximum absolute atomic E-state index is 9.42. The Hall–Kier alpha value is -6.42. The summed E-state index contributed by atoms with van der Waals surface area (Å²) in [6, 6.07) is 18.8. The molecule has 0 bridgehead atoms. The van der Waals surface area contributed by atoms with Gasteiger partial charge < -0.3 is 19.1 Å². The molecule has 0 saturated carbocycles. The zero-order chi connectivity index (χ0) is 59.2. The minimum absolute atomic E-state index is 0. The van der Waals surface area contributed by atoms with Crippen LogP contribution in [0.3, 0.4) is 0 Å². The molecule has 9 aromatic rings. The Labute approximate surface area is 427 Å². The van der Waals surface area contributed by atoms with Gasteiger partial charge in [0.05, 0.1) is 15.1 Å². The van der Waals surface area contributed by atoms with E-state index in [0.717, 1.165) is 16.7 Å². The molecule has 0 radical (unpaired) electrons. The molecular formula is C60H55N4OPt-3.